The highest BCUT2D eigenvalue weighted by molar-refractivity contribution is 7.23. The first-order valence-corrected chi connectivity index (χ1v) is 6.20. The molecule has 0 fully saturated rings. The van der Waals surface area contributed by atoms with Crippen LogP contribution in [0.2, 0.25) is 0 Å². The van der Waals surface area contributed by atoms with Crippen LogP contribution in [0.3, 0.4) is 0 Å². The smallest absolute Gasteiger partial charge is 0.397 e. The molecule has 0 saturated carbocycles. The van der Waals surface area contributed by atoms with Gasteiger partial charge in [-0.2, -0.15) is 0 Å². The molecular weight excluding hydrogens is 252 g/mol. The SMILES string of the molecule is CCOC(=O)C(=O)Nc1c(N)sc2ccccc12. The second-order valence-corrected chi connectivity index (χ2v) is 4.60. The van der Waals surface area contributed by atoms with E-state index in [1.165, 1.54) is 11.3 Å². The number of nitrogens with two attached hydrogens (primary N) is 1. The summed E-state index contributed by atoms with van der Waals surface area (Å²) >= 11 is 1.36. The number of carbonyl (C=O) groups excluding carboxylic acids is 2. The average Bonchev–Trinajstić information content (AvgIpc) is 2.66. The van der Waals surface area contributed by atoms with Gasteiger partial charge in [0, 0.05) is 10.1 Å². The highest BCUT2D eigenvalue weighted by atomic mass is 32.1. The van der Waals surface area contributed by atoms with Gasteiger partial charge in [-0.3, -0.25) is 4.79 Å². The minimum atomic E-state index is -0.910. The first-order valence-electron chi connectivity index (χ1n) is 5.38. The normalized spacial score (nSPS) is 10.3. The molecule has 0 bridgehead atoms. The third-order valence-corrected chi connectivity index (χ3v) is 3.32. The van der Waals surface area contributed by atoms with E-state index in [-0.39, 0.29) is 6.61 Å². The van der Waals surface area contributed by atoms with E-state index in [9.17, 15) is 9.59 Å². The first-order chi connectivity index (χ1) is 8.63. The molecule has 1 heterocycles. The van der Waals surface area contributed by atoms with E-state index in [1.807, 2.05) is 24.3 Å². The van der Waals surface area contributed by atoms with Crippen molar-refractivity contribution in [3.05, 3.63) is 24.3 Å². The third kappa shape index (κ3) is 2.28. The van der Waals surface area contributed by atoms with Crippen molar-refractivity contribution >= 4 is 44.0 Å². The van der Waals surface area contributed by atoms with Crippen LogP contribution >= 0.6 is 11.3 Å². The molecule has 5 nitrogen and oxygen atoms in total. The molecule has 0 aliphatic rings. The molecule has 0 saturated heterocycles. The molecule has 0 atom stereocenters. The Morgan fingerprint density at radius 3 is 2.83 bits per heavy atom. The fourth-order valence-electron chi connectivity index (χ4n) is 1.55. The third-order valence-electron chi connectivity index (χ3n) is 2.32. The van der Waals surface area contributed by atoms with Gasteiger partial charge in [0.25, 0.3) is 0 Å². The Morgan fingerprint density at radius 2 is 2.11 bits per heavy atom. The zero-order valence-electron chi connectivity index (χ0n) is 9.73. The van der Waals surface area contributed by atoms with Crippen molar-refractivity contribution in [1.29, 1.82) is 0 Å². The lowest BCUT2D eigenvalue weighted by atomic mass is 10.2. The van der Waals surface area contributed by atoms with Crippen molar-refractivity contribution in [1.82, 2.24) is 0 Å². The number of carbonyl (C=O) groups is 2. The van der Waals surface area contributed by atoms with Gasteiger partial charge in [0.15, 0.2) is 0 Å². The second-order valence-electron chi connectivity index (χ2n) is 3.51. The van der Waals surface area contributed by atoms with Crippen LogP contribution in [-0.2, 0) is 14.3 Å². The summed E-state index contributed by atoms with van der Waals surface area (Å²) < 4.78 is 5.57. The van der Waals surface area contributed by atoms with E-state index in [1.54, 1.807) is 6.92 Å². The summed E-state index contributed by atoms with van der Waals surface area (Å²) in [6.07, 6.45) is 0. The average molecular weight is 264 g/mol. The van der Waals surface area contributed by atoms with Gasteiger partial charge in [0.1, 0.15) is 5.00 Å². The number of fused-ring (bicyclic) bond motifs is 1. The number of hydrogen-bond donors (Lipinski definition) is 2. The largest absolute Gasteiger partial charge is 0.459 e. The Bertz CT molecular complexity index is 606. The van der Waals surface area contributed by atoms with E-state index >= 15 is 0 Å². The van der Waals surface area contributed by atoms with Gasteiger partial charge in [-0.1, -0.05) is 18.2 Å². The van der Waals surface area contributed by atoms with Gasteiger partial charge in [-0.05, 0) is 13.0 Å². The molecule has 3 N–H and O–H groups in total. The van der Waals surface area contributed by atoms with Crippen molar-refractivity contribution in [2.24, 2.45) is 0 Å². The molecule has 0 aliphatic carbocycles. The van der Waals surface area contributed by atoms with Crippen LogP contribution in [0.1, 0.15) is 6.92 Å². The fraction of sp³-hybridized carbons (Fsp3) is 0.167. The van der Waals surface area contributed by atoms with Crippen molar-refractivity contribution in [3.63, 3.8) is 0 Å². The second kappa shape index (κ2) is 5.05. The predicted molar refractivity (Wildman–Crippen MR) is 71.5 cm³/mol. The minimum absolute atomic E-state index is 0.159. The molecule has 0 radical (unpaired) electrons. The van der Waals surface area contributed by atoms with Gasteiger partial charge in [0.05, 0.1) is 12.3 Å². The molecule has 1 amide bonds. The molecule has 0 unspecified atom stereocenters. The summed E-state index contributed by atoms with van der Waals surface area (Å²) in [5, 5.41) is 3.77. The number of rotatable bonds is 2. The van der Waals surface area contributed by atoms with E-state index in [0.29, 0.717) is 10.7 Å². The van der Waals surface area contributed by atoms with Crippen molar-refractivity contribution in [2.75, 3.05) is 17.7 Å². The van der Waals surface area contributed by atoms with Crippen LogP contribution in [-0.4, -0.2) is 18.5 Å². The van der Waals surface area contributed by atoms with Gasteiger partial charge < -0.3 is 15.8 Å². The first kappa shape index (κ1) is 12.4. The maximum Gasteiger partial charge on any atom is 0.397 e. The number of benzene rings is 1. The molecule has 0 aliphatic heterocycles. The van der Waals surface area contributed by atoms with Crippen molar-refractivity contribution in [3.8, 4) is 0 Å². The fourth-order valence-corrected chi connectivity index (χ4v) is 2.48. The van der Waals surface area contributed by atoms with Crippen LogP contribution in [0.4, 0.5) is 10.7 Å². The molecule has 2 rings (SSSR count). The highest BCUT2D eigenvalue weighted by Crippen LogP contribution is 2.37. The number of ether oxygens (including phenoxy) is 1. The lowest BCUT2D eigenvalue weighted by molar-refractivity contribution is -0.152. The number of anilines is 2. The van der Waals surface area contributed by atoms with Crippen molar-refractivity contribution < 1.29 is 14.3 Å². The summed E-state index contributed by atoms with van der Waals surface area (Å²) in [6.45, 7) is 1.80. The summed E-state index contributed by atoms with van der Waals surface area (Å²) in [6, 6.07) is 7.46. The van der Waals surface area contributed by atoms with Crippen LogP contribution in [0, 0.1) is 0 Å². The molecule has 6 heteroatoms. The lowest BCUT2D eigenvalue weighted by Crippen LogP contribution is -2.25. The molecular formula is C12H12N2O3S. The standard InChI is InChI=1S/C12H12N2O3S/c1-2-17-12(16)11(15)14-9-7-5-3-4-6-8(7)18-10(9)13/h3-6H,2,13H2,1H3,(H,14,15). The Kier molecular flexibility index (Phi) is 3.47. The number of esters is 1. The van der Waals surface area contributed by atoms with Gasteiger partial charge >= 0.3 is 11.9 Å². The maximum absolute atomic E-state index is 11.6. The van der Waals surface area contributed by atoms with E-state index in [2.05, 4.69) is 10.1 Å². The van der Waals surface area contributed by atoms with E-state index in [0.717, 1.165) is 10.1 Å². The van der Waals surface area contributed by atoms with Gasteiger partial charge in [0.2, 0.25) is 0 Å². The summed E-state index contributed by atoms with van der Waals surface area (Å²) in [5.74, 6) is -1.72. The number of nitrogens with one attached hydrogen (secondary N) is 1. The Labute approximate surface area is 108 Å². The molecule has 94 valence electrons. The van der Waals surface area contributed by atoms with Gasteiger partial charge in [-0.15, -0.1) is 11.3 Å². The minimum Gasteiger partial charge on any atom is -0.459 e. The van der Waals surface area contributed by atoms with Gasteiger partial charge in [-0.25, -0.2) is 4.79 Å². The molecule has 0 spiro atoms. The zero-order chi connectivity index (χ0) is 13.1. The Hall–Kier alpha value is -2.08. The molecule has 2 aromatic rings. The summed E-state index contributed by atoms with van der Waals surface area (Å²) in [7, 11) is 0. The van der Waals surface area contributed by atoms with Crippen LogP contribution in [0.25, 0.3) is 10.1 Å². The monoisotopic (exact) mass is 264 g/mol. The topological polar surface area (TPSA) is 81.4 Å². The zero-order valence-corrected chi connectivity index (χ0v) is 10.5. The van der Waals surface area contributed by atoms with E-state index in [4.69, 9.17) is 5.73 Å². The molecule has 18 heavy (non-hydrogen) atoms. The Morgan fingerprint density at radius 1 is 1.39 bits per heavy atom. The maximum atomic E-state index is 11.6. The van der Waals surface area contributed by atoms with Crippen LogP contribution in [0.15, 0.2) is 24.3 Å². The number of thiophene rings is 1. The quantitative estimate of drug-likeness (QED) is 0.642. The van der Waals surface area contributed by atoms with E-state index < -0.39 is 11.9 Å². The van der Waals surface area contributed by atoms with Crippen LogP contribution < -0.4 is 11.1 Å². The molecule has 1 aromatic carbocycles. The number of amides is 1. The summed E-state index contributed by atoms with van der Waals surface area (Å²) in [5.41, 5.74) is 6.29. The molecule has 1 aromatic heterocycles. The lowest BCUT2D eigenvalue weighted by Gasteiger charge is -2.04. The predicted octanol–water partition coefficient (Wildman–Crippen LogP) is 1.99. The Balaban J connectivity index is 2.29. The van der Waals surface area contributed by atoms with Crippen LogP contribution in [0.5, 0.6) is 0 Å². The number of nitrogen functional groups attached to an aromatic ring is 1. The summed E-state index contributed by atoms with van der Waals surface area (Å²) in [4.78, 5) is 22.8. The van der Waals surface area contributed by atoms with Crippen molar-refractivity contribution in [2.45, 2.75) is 6.92 Å². The number of hydrogen-bond acceptors (Lipinski definition) is 5. The highest BCUT2D eigenvalue weighted by Gasteiger charge is 2.18.